The summed E-state index contributed by atoms with van der Waals surface area (Å²) >= 11 is 1.60. The van der Waals surface area contributed by atoms with Gasteiger partial charge in [0.2, 0.25) is 0 Å². The number of alkyl halides is 5. The minimum atomic E-state index is -6.80. The zero-order valence-corrected chi connectivity index (χ0v) is 29.6. The lowest BCUT2D eigenvalue weighted by molar-refractivity contribution is -0.248. The van der Waals surface area contributed by atoms with Crippen molar-refractivity contribution in [2.24, 2.45) is 0 Å². The van der Waals surface area contributed by atoms with Crippen LogP contribution in [0.4, 0.5) is 22.0 Å². The molecule has 0 saturated heterocycles. The second kappa shape index (κ2) is 15.8. The highest BCUT2D eigenvalue weighted by Gasteiger charge is 2.63. The lowest BCUT2D eigenvalue weighted by Gasteiger charge is -2.29. The van der Waals surface area contributed by atoms with Crippen LogP contribution in [-0.4, -0.2) is 55.7 Å². The molecule has 1 unspecified atom stereocenters. The SMILES string of the molecule is C=C(C)C(=O)OCCOc1ccc(C(=O)OC(C(F)(F)F)C(F)(F)S(=O)(=O)[O-])cc1I.c1ccc(-[s+]2c3ccccc3c3ccccc32)cc1. The molecule has 1 atom stereocenters. The molecular weight excluding hydrogens is 822 g/mol. The van der Waals surface area contributed by atoms with Crippen LogP contribution < -0.4 is 4.74 Å². The Labute approximate surface area is 299 Å². The summed E-state index contributed by atoms with van der Waals surface area (Å²) in [4.78, 5) is 24.5. The maximum absolute atomic E-state index is 13.4. The molecule has 50 heavy (non-hydrogen) atoms. The second-order valence-corrected chi connectivity index (χ2v) is 14.9. The van der Waals surface area contributed by atoms with Crippen LogP contribution in [0.2, 0.25) is 0 Å². The van der Waals surface area contributed by atoms with E-state index in [9.17, 15) is 44.5 Å². The van der Waals surface area contributed by atoms with Crippen molar-refractivity contribution in [2.75, 3.05) is 13.2 Å². The standard InChI is InChI=1S/C18H13S.C16H14F5IO8S/c1-2-8-14(9-3-1)19-17-12-6-4-10-15(17)16-11-5-7-13-18(16)19;1-8(2)12(23)29-6-5-28-11-4-3-9(7-10(11)22)13(24)30-14(15(17,18)19)16(20,21)31(25,26)27/h1-13H;3-4,7,14H,1,5-6H2,2H3,(H,25,26,27)/q+1;/p-1. The average molecular weight is 849 g/mol. The quantitative estimate of drug-likeness (QED) is 0.0261. The number of hydrogen-bond acceptors (Lipinski definition) is 8. The normalized spacial score (nSPS) is 12.5. The van der Waals surface area contributed by atoms with Crippen molar-refractivity contribution in [2.45, 2.75) is 24.5 Å². The van der Waals surface area contributed by atoms with Crippen LogP contribution in [-0.2, 0) is 24.4 Å². The summed E-state index contributed by atoms with van der Waals surface area (Å²) in [6.45, 7) is 4.49. The number of hydrogen-bond donors (Lipinski definition) is 0. The highest BCUT2D eigenvalue weighted by molar-refractivity contribution is 14.1. The number of ether oxygens (including phenoxy) is 3. The first-order chi connectivity index (χ1) is 23.4. The number of halogens is 6. The van der Waals surface area contributed by atoms with Crippen molar-refractivity contribution in [1.29, 1.82) is 0 Å². The minimum Gasteiger partial charge on any atom is -0.743 e. The fraction of sp³-hybridized carbons (Fsp3) is 0.176. The molecule has 1 aromatic heterocycles. The Morgan fingerprint density at radius 1 is 0.860 bits per heavy atom. The van der Waals surface area contributed by atoms with Gasteiger partial charge in [0.1, 0.15) is 19.0 Å². The van der Waals surface area contributed by atoms with E-state index < -0.39 is 45.2 Å². The van der Waals surface area contributed by atoms with Gasteiger partial charge in [0.15, 0.2) is 24.4 Å². The zero-order valence-electron chi connectivity index (χ0n) is 25.8. The predicted molar refractivity (Wildman–Crippen MR) is 186 cm³/mol. The van der Waals surface area contributed by atoms with E-state index in [1.165, 1.54) is 32.0 Å². The number of fused-ring (bicyclic) bond motifs is 3. The molecule has 5 rings (SSSR count). The van der Waals surface area contributed by atoms with Crippen LogP contribution in [0.15, 0.2) is 109 Å². The van der Waals surface area contributed by atoms with Crippen LogP contribution >= 0.6 is 33.1 Å². The Kier molecular flexibility index (Phi) is 12.2. The van der Waals surface area contributed by atoms with Crippen LogP contribution in [0, 0.1) is 3.57 Å². The van der Waals surface area contributed by atoms with E-state index in [-0.39, 0.29) is 38.6 Å². The van der Waals surface area contributed by atoms with Gasteiger partial charge in [-0.2, -0.15) is 22.0 Å². The zero-order chi connectivity index (χ0) is 36.9. The van der Waals surface area contributed by atoms with Crippen molar-refractivity contribution < 1.29 is 58.7 Å². The summed E-state index contributed by atoms with van der Waals surface area (Å²) in [5.74, 6) is -2.51. The first-order valence-electron chi connectivity index (χ1n) is 14.3. The third-order valence-corrected chi connectivity index (χ3v) is 10.8. The van der Waals surface area contributed by atoms with Crippen molar-refractivity contribution in [3.8, 4) is 10.6 Å². The third kappa shape index (κ3) is 8.96. The number of rotatable bonds is 10. The van der Waals surface area contributed by atoms with Crippen LogP contribution in [0.5, 0.6) is 5.75 Å². The molecular formula is C34H26F5IO8S2. The van der Waals surface area contributed by atoms with E-state index >= 15 is 0 Å². The number of benzene rings is 4. The van der Waals surface area contributed by atoms with Crippen LogP contribution in [0.3, 0.4) is 0 Å². The van der Waals surface area contributed by atoms with Gasteiger partial charge in [0.25, 0.3) is 6.10 Å². The largest absolute Gasteiger partial charge is 0.743 e. The molecule has 0 radical (unpaired) electrons. The van der Waals surface area contributed by atoms with E-state index in [1.54, 1.807) is 22.6 Å². The summed E-state index contributed by atoms with van der Waals surface area (Å²) < 4.78 is 114. The molecule has 0 bridgehead atoms. The summed E-state index contributed by atoms with van der Waals surface area (Å²) in [5, 5.41) is -3.16. The molecule has 0 amide bonds. The van der Waals surface area contributed by atoms with Gasteiger partial charge in [-0.1, -0.05) is 49.0 Å². The molecule has 8 nitrogen and oxygen atoms in total. The molecule has 0 spiro atoms. The number of carbonyl (C=O) groups is 2. The van der Waals surface area contributed by atoms with Gasteiger partial charge in [-0.05, 0) is 84.1 Å². The summed E-state index contributed by atoms with van der Waals surface area (Å²) in [5.41, 5.74) is -0.497. The summed E-state index contributed by atoms with van der Waals surface area (Å²) in [6, 6.07) is 31.3. The Bertz CT molecular complexity index is 2080. The molecule has 4 aromatic carbocycles. The first kappa shape index (κ1) is 38.7. The number of esters is 2. The van der Waals surface area contributed by atoms with E-state index in [0.29, 0.717) is 0 Å². The van der Waals surface area contributed by atoms with Crippen molar-refractivity contribution in [3.63, 3.8) is 0 Å². The average Bonchev–Trinajstić information content (AvgIpc) is 3.40. The number of carbonyl (C=O) groups excluding carboxylic acids is 2. The van der Waals surface area contributed by atoms with E-state index in [0.717, 1.165) is 18.2 Å². The van der Waals surface area contributed by atoms with Gasteiger partial charge in [-0.3, -0.25) is 0 Å². The first-order valence-corrected chi connectivity index (χ1v) is 18.0. The smallest absolute Gasteiger partial charge is 0.432 e. The van der Waals surface area contributed by atoms with E-state index in [1.807, 2.05) is 0 Å². The molecule has 0 N–H and O–H groups in total. The van der Waals surface area contributed by atoms with Crippen molar-refractivity contribution in [3.05, 3.63) is 118 Å². The van der Waals surface area contributed by atoms with Gasteiger partial charge >= 0.3 is 23.4 Å². The molecule has 0 aliphatic heterocycles. The Balaban J connectivity index is 0.000000248. The lowest BCUT2D eigenvalue weighted by Crippen LogP contribution is -2.52. The molecule has 5 aromatic rings. The van der Waals surface area contributed by atoms with E-state index in [2.05, 4.69) is 90.2 Å². The second-order valence-electron chi connectivity index (χ2n) is 10.4. The predicted octanol–water partition coefficient (Wildman–Crippen LogP) is 8.75. The fourth-order valence-corrected chi connectivity index (χ4v) is 7.96. The van der Waals surface area contributed by atoms with Crippen molar-refractivity contribution in [1.82, 2.24) is 0 Å². The fourth-order valence-electron chi connectivity index (χ4n) is 4.45. The van der Waals surface area contributed by atoms with Crippen LogP contribution in [0.25, 0.3) is 25.1 Å². The van der Waals surface area contributed by atoms with Gasteiger partial charge in [-0.15, -0.1) is 0 Å². The summed E-state index contributed by atoms with van der Waals surface area (Å²) in [7, 11) is -6.74. The highest BCUT2D eigenvalue weighted by atomic mass is 127. The molecule has 1 heterocycles. The van der Waals surface area contributed by atoms with Gasteiger partial charge in [0.05, 0.1) is 9.13 Å². The van der Waals surface area contributed by atoms with E-state index in [4.69, 9.17) is 9.47 Å². The van der Waals surface area contributed by atoms with Gasteiger partial charge in [0, 0.05) is 26.8 Å². The molecule has 264 valence electrons. The van der Waals surface area contributed by atoms with Gasteiger partial charge in [-0.25, -0.2) is 18.0 Å². The maximum Gasteiger partial charge on any atom is 0.432 e. The third-order valence-electron chi connectivity index (χ3n) is 6.73. The molecule has 0 aliphatic carbocycles. The number of thiophene rings is 1. The monoisotopic (exact) mass is 848 g/mol. The maximum atomic E-state index is 13.4. The van der Waals surface area contributed by atoms with Crippen molar-refractivity contribution >= 4 is 75.3 Å². The summed E-state index contributed by atoms with van der Waals surface area (Å²) in [6.07, 6.45) is -10.6. The molecule has 0 fully saturated rings. The topological polar surface area (TPSA) is 119 Å². The molecule has 0 saturated carbocycles. The Hall–Kier alpha value is -4.13. The highest BCUT2D eigenvalue weighted by Crippen LogP contribution is 2.48. The Morgan fingerprint density at radius 2 is 1.40 bits per heavy atom. The molecule has 0 aliphatic rings. The minimum absolute atomic E-state index is 0.0594. The van der Waals surface area contributed by atoms with Gasteiger partial charge < -0.3 is 18.8 Å². The lowest BCUT2D eigenvalue weighted by atomic mass is 10.2. The molecule has 16 heteroatoms. The van der Waals surface area contributed by atoms with Crippen LogP contribution in [0.1, 0.15) is 17.3 Å². The Morgan fingerprint density at radius 3 is 1.90 bits per heavy atom.